The van der Waals surface area contributed by atoms with Crippen molar-refractivity contribution in [3.8, 4) is 5.69 Å². The predicted molar refractivity (Wildman–Crippen MR) is 119 cm³/mol. The lowest BCUT2D eigenvalue weighted by atomic mass is 10.2. The van der Waals surface area contributed by atoms with Crippen molar-refractivity contribution in [1.82, 2.24) is 9.78 Å². The normalized spacial score (nSPS) is 11.7. The van der Waals surface area contributed by atoms with Crippen LogP contribution in [0.25, 0.3) is 5.69 Å². The van der Waals surface area contributed by atoms with Crippen molar-refractivity contribution in [1.29, 1.82) is 0 Å². The van der Waals surface area contributed by atoms with Crippen molar-refractivity contribution >= 4 is 52.9 Å². The number of carbonyl (C=O) groups excluding carboxylic acids is 2. The number of aryl methyl sites for hydroxylation is 1. The predicted octanol–water partition coefficient (Wildman–Crippen LogP) is 4.88. The number of anilines is 1. The van der Waals surface area contributed by atoms with Crippen LogP contribution >= 0.6 is 35.3 Å². The number of hydrogen-bond donors (Lipinski definition) is 1. The van der Waals surface area contributed by atoms with Crippen LogP contribution in [0, 0.1) is 10.9 Å². The van der Waals surface area contributed by atoms with Gasteiger partial charge in [0.1, 0.15) is 0 Å². The fourth-order valence-electron chi connectivity index (χ4n) is 2.41. The SMILES string of the molecule is CSc1nn(-c2ccc(C(=O)OC(C)C(=O)Nc3ccc(C)cc3)cc2)c(=S)s1. The number of amides is 1. The van der Waals surface area contributed by atoms with E-state index >= 15 is 0 Å². The van der Waals surface area contributed by atoms with Gasteiger partial charge in [-0.2, -0.15) is 0 Å². The Balaban J connectivity index is 1.63. The second kappa shape index (κ2) is 9.34. The minimum Gasteiger partial charge on any atom is -0.449 e. The molecule has 0 fully saturated rings. The number of ether oxygens (including phenoxy) is 1. The fourth-order valence-corrected chi connectivity index (χ4v) is 4.19. The quantitative estimate of drug-likeness (QED) is 0.331. The van der Waals surface area contributed by atoms with Gasteiger partial charge < -0.3 is 10.1 Å². The molecule has 0 aliphatic carbocycles. The maximum atomic E-state index is 12.4. The van der Waals surface area contributed by atoms with E-state index in [0.29, 0.717) is 15.2 Å². The molecule has 1 unspecified atom stereocenters. The molecule has 3 rings (SSSR count). The lowest BCUT2D eigenvalue weighted by Gasteiger charge is -2.14. The molecule has 1 N–H and O–H groups in total. The van der Waals surface area contributed by atoms with Gasteiger partial charge in [-0.05, 0) is 68.7 Å². The highest BCUT2D eigenvalue weighted by molar-refractivity contribution is 8.00. The van der Waals surface area contributed by atoms with Crippen molar-refractivity contribution in [2.75, 3.05) is 11.6 Å². The third kappa shape index (κ3) is 5.31. The molecule has 0 saturated heterocycles. The van der Waals surface area contributed by atoms with E-state index in [1.165, 1.54) is 30.0 Å². The Bertz CT molecular complexity index is 1070. The first-order valence-corrected chi connectivity index (χ1v) is 11.2. The van der Waals surface area contributed by atoms with Gasteiger partial charge in [0.25, 0.3) is 5.91 Å². The summed E-state index contributed by atoms with van der Waals surface area (Å²) in [6, 6.07) is 14.1. The van der Waals surface area contributed by atoms with E-state index in [9.17, 15) is 9.59 Å². The van der Waals surface area contributed by atoms with E-state index in [4.69, 9.17) is 17.0 Å². The standard InChI is InChI=1S/C20H19N3O3S3/c1-12-4-8-15(9-5-12)21-17(24)13(2)26-18(25)14-6-10-16(11-7-14)23-20(27)29-19(22-23)28-3/h4-11,13H,1-3H3,(H,21,24). The van der Waals surface area contributed by atoms with Gasteiger partial charge in [-0.25, -0.2) is 9.48 Å². The van der Waals surface area contributed by atoms with Crippen molar-refractivity contribution in [2.24, 2.45) is 0 Å². The second-order valence-electron chi connectivity index (χ2n) is 6.20. The summed E-state index contributed by atoms with van der Waals surface area (Å²) >= 11 is 8.27. The molecule has 3 aromatic rings. The van der Waals surface area contributed by atoms with Gasteiger partial charge in [-0.15, -0.1) is 5.10 Å². The molecule has 1 heterocycles. The molecule has 0 bridgehead atoms. The molecule has 0 aliphatic rings. The Morgan fingerprint density at radius 3 is 2.41 bits per heavy atom. The topological polar surface area (TPSA) is 73.2 Å². The lowest BCUT2D eigenvalue weighted by Crippen LogP contribution is -2.30. The molecule has 1 amide bonds. The third-order valence-corrected chi connectivity index (χ3v) is 6.23. The molecule has 1 aromatic heterocycles. The zero-order chi connectivity index (χ0) is 21.0. The Kier molecular flexibility index (Phi) is 6.83. The van der Waals surface area contributed by atoms with Crippen molar-refractivity contribution in [3.05, 3.63) is 63.6 Å². The highest BCUT2D eigenvalue weighted by atomic mass is 32.2. The van der Waals surface area contributed by atoms with Gasteiger partial charge >= 0.3 is 5.97 Å². The molecule has 0 saturated carbocycles. The van der Waals surface area contributed by atoms with Crippen LogP contribution in [-0.2, 0) is 9.53 Å². The van der Waals surface area contributed by atoms with Crippen LogP contribution < -0.4 is 5.32 Å². The summed E-state index contributed by atoms with van der Waals surface area (Å²) in [6.45, 7) is 3.50. The molecule has 9 heteroatoms. The lowest BCUT2D eigenvalue weighted by molar-refractivity contribution is -0.123. The molecule has 6 nitrogen and oxygen atoms in total. The van der Waals surface area contributed by atoms with Crippen LogP contribution in [0.4, 0.5) is 5.69 Å². The summed E-state index contributed by atoms with van der Waals surface area (Å²) in [5.74, 6) is -0.966. The molecule has 0 spiro atoms. The van der Waals surface area contributed by atoms with E-state index < -0.39 is 18.0 Å². The van der Waals surface area contributed by atoms with Crippen LogP contribution in [0.1, 0.15) is 22.8 Å². The number of esters is 1. The number of nitrogens with one attached hydrogen (secondary N) is 1. The summed E-state index contributed by atoms with van der Waals surface area (Å²) in [5.41, 5.74) is 2.84. The fraction of sp³-hybridized carbons (Fsp3) is 0.200. The van der Waals surface area contributed by atoms with Crippen LogP contribution in [-0.4, -0.2) is 34.0 Å². The maximum Gasteiger partial charge on any atom is 0.338 e. The first-order valence-electron chi connectivity index (χ1n) is 8.70. The Morgan fingerprint density at radius 2 is 1.83 bits per heavy atom. The average Bonchev–Trinajstić information content (AvgIpc) is 3.10. The van der Waals surface area contributed by atoms with E-state index in [1.54, 1.807) is 41.1 Å². The number of aromatic nitrogens is 2. The van der Waals surface area contributed by atoms with Crippen LogP contribution in [0.5, 0.6) is 0 Å². The van der Waals surface area contributed by atoms with Crippen LogP contribution in [0.3, 0.4) is 0 Å². The van der Waals surface area contributed by atoms with Crippen molar-refractivity contribution < 1.29 is 14.3 Å². The third-order valence-electron chi connectivity index (χ3n) is 4.02. The number of benzene rings is 2. The molecule has 2 aromatic carbocycles. The summed E-state index contributed by atoms with van der Waals surface area (Å²) in [4.78, 5) is 24.6. The van der Waals surface area contributed by atoms with E-state index in [-0.39, 0.29) is 0 Å². The first-order chi connectivity index (χ1) is 13.9. The zero-order valence-electron chi connectivity index (χ0n) is 16.0. The number of thioether (sulfide) groups is 1. The molecule has 0 aliphatic heterocycles. The minimum atomic E-state index is -0.931. The minimum absolute atomic E-state index is 0.343. The smallest absolute Gasteiger partial charge is 0.338 e. The van der Waals surface area contributed by atoms with Crippen LogP contribution in [0.2, 0.25) is 0 Å². The first kappa shape index (κ1) is 21.2. The van der Waals surface area contributed by atoms with Gasteiger partial charge in [0, 0.05) is 5.69 Å². The number of hydrogen-bond acceptors (Lipinski definition) is 7. The van der Waals surface area contributed by atoms with E-state index in [1.807, 2.05) is 25.3 Å². The van der Waals surface area contributed by atoms with Crippen LogP contribution in [0.15, 0.2) is 52.9 Å². The van der Waals surface area contributed by atoms with Gasteiger partial charge in [0.15, 0.2) is 14.4 Å². The Morgan fingerprint density at radius 1 is 1.17 bits per heavy atom. The molecule has 150 valence electrons. The largest absolute Gasteiger partial charge is 0.449 e. The van der Waals surface area contributed by atoms with E-state index in [0.717, 1.165) is 15.6 Å². The number of carbonyl (C=O) groups is 2. The molecular weight excluding hydrogens is 426 g/mol. The molecule has 29 heavy (non-hydrogen) atoms. The average molecular weight is 446 g/mol. The second-order valence-corrected chi connectivity index (χ2v) is 8.88. The van der Waals surface area contributed by atoms with Gasteiger partial charge in [0.05, 0.1) is 11.3 Å². The van der Waals surface area contributed by atoms with Gasteiger partial charge in [0.2, 0.25) is 0 Å². The van der Waals surface area contributed by atoms with Gasteiger partial charge in [-0.3, -0.25) is 4.79 Å². The zero-order valence-corrected chi connectivity index (χ0v) is 18.5. The monoisotopic (exact) mass is 445 g/mol. The van der Waals surface area contributed by atoms with Gasteiger partial charge in [-0.1, -0.05) is 40.8 Å². The maximum absolute atomic E-state index is 12.4. The molecule has 0 radical (unpaired) electrons. The Labute approximate surface area is 181 Å². The summed E-state index contributed by atoms with van der Waals surface area (Å²) in [7, 11) is 0. The van der Waals surface area contributed by atoms with Crippen molar-refractivity contribution in [2.45, 2.75) is 24.3 Å². The summed E-state index contributed by atoms with van der Waals surface area (Å²) < 4.78 is 8.44. The molecular formula is C20H19N3O3S3. The molecule has 1 atom stereocenters. The highest BCUT2D eigenvalue weighted by Crippen LogP contribution is 2.22. The Hall–Kier alpha value is -2.49. The summed E-state index contributed by atoms with van der Waals surface area (Å²) in [5, 5.41) is 7.15. The number of rotatable bonds is 6. The van der Waals surface area contributed by atoms with E-state index in [2.05, 4.69) is 10.4 Å². The highest BCUT2D eigenvalue weighted by Gasteiger charge is 2.19. The number of nitrogens with zero attached hydrogens (tertiary/aromatic N) is 2. The summed E-state index contributed by atoms with van der Waals surface area (Å²) in [6.07, 6.45) is 1.01. The van der Waals surface area contributed by atoms with Crippen molar-refractivity contribution in [3.63, 3.8) is 0 Å².